The molecule has 4 heteroatoms. The topological polar surface area (TPSA) is 0 Å². The standard InChI is InChI=1S/C6H3F2.C6H5.ClH.Zn/c7-5-3-1-2-4-6(5)8;1-2-4-6-5-3-1;;/h1,3-4H;1-5H;1H;/q2*-1;;+2. The van der Waals surface area contributed by atoms with E-state index < -0.39 is 11.6 Å². The van der Waals surface area contributed by atoms with Crippen LogP contribution in [0.3, 0.4) is 0 Å². The van der Waals surface area contributed by atoms with Crippen LogP contribution in [0.1, 0.15) is 0 Å². The van der Waals surface area contributed by atoms with Crippen molar-refractivity contribution in [2.75, 3.05) is 0 Å². The van der Waals surface area contributed by atoms with Crippen molar-refractivity contribution in [2.45, 2.75) is 0 Å². The Hall–Kier alpha value is -0.787. The number of halogens is 3. The summed E-state index contributed by atoms with van der Waals surface area (Å²) in [6, 6.07) is 18.2. The Labute approximate surface area is 113 Å². The van der Waals surface area contributed by atoms with Crippen LogP contribution in [-0.4, -0.2) is 0 Å². The fraction of sp³-hybridized carbons (Fsp3) is 0. The van der Waals surface area contributed by atoms with Gasteiger partial charge in [-0.05, 0) is 0 Å². The first-order valence-electron chi connectivity index (χ1n) is 4.03. The number of benzene rings is 2. The second-order valence-electron chi connectivity index (χ2n) is 2.42. The molecule has 0 saturated carbocycles. The molecule has 0 radical (unpaired) electrons. The number of hydrogen-bond donors (Lipinski definition) is 0. The van der Waals surface area contributed by atoms with E-state index in [1.165, 1.54) is 6.07 Å². The van der Waals surface area contributed by atoms with Crippen molar-refractivity contribution in [2.24, 2.45) is 0 Å². The van der Waals surface area contributed by atoms with Crippen molar-refractivity contribution < 1.29 is 28.3 Å². The van der Waals surface area contributed by atoms with Crippen molar-refractivity contribution in [3.63, 3.8) is 0 Å². The zero-order chi connectivity index (χ0) is 10.2. The molecule has 0 fully saturated rings. The van der Waals surface area contributed by atoms with Gasteiger partial charge in [0.25, 0.3) is 0 Å². The largest absolute Gasteiger partial charge is 2.00 e. The third-order valence-corrected chi connectivity index (χ3v) is 1.37. The van der Waals surface area contributed by atoms with Gasteiger partial charge in [-0.15, -0.1) is 24.5 Å². The third-order valence-electron chi connectivity index (χ3n) is 1.37. The van der Waals surface area contributed by atoms with Crippen molar-refractivity contribution >= 4 is 12.4 Å². The maximum Gasteiger partial charge on any atom is 2.00 e. The van der Waals surface area contributed by atoms with Crippen LogP contribution in [0.2, 0.25) is 0 Å². The monoisotopic (exact) mass is 290 g/mol. The molecule has 0 nitrogen and oxygen atoms in total. The Balaban J connectivity index is 0. The first-order valence-corrected chi connectivity index (χ1v) is 4.03. The smallest absolute Gasteiger partial charge is 0.281 e. The zero-order valence-corrected chi connectivity index (χ0v) is 12.3. The minimum atomic E-state index is -0.854. The van der Waals surface area contributed by atoms with Crippen LogP contribution >= 0.6 is 12.4 Å². The van der Waals surface area contributed by atoms with Crippen LogP contribution in [0.4, 0.5) is 8.78 Å². The van der Waals surface area contributed by atoms with Gasteiger partial charge < -0.3 is 0 Å². The first kappa shape index (κ1) is 17.6. The van der Waals surface area contributed by atoms with E-state index in [0.717, 1.165) is 12.1 Å². The minimum absolute atomic E-state index is 0. The molecule has 0 N–H and O–H groups in total. The van der Waals surface area contributed by atoms with Gasteiger partial charge in [0, 0.05) is 11.6 Å². The molecule has 0 saturated heterocycles. The van der Waals surface area contributed by atoms with Crippen LogP contribution < -0.4 is 0 Å². The molecule has 0 unspecified atom stereocenters. The van der Waals surface area contributed by atoms with Gasteiger partial charge in [0.05, 0.1) is 0 Å². The van der Waals surface area contributed by atoms with E-state index in [4.69, 9.17) is 0 Å². The summed E-state index contributed by atoms with van der Waals surface area (Å²) in [6.07, 6.45) is 0. The van der Waals surface area contributed by atoms with E-state index >= 15 is 0 Å². The molecule has 0 bridgehead atoms. The molecule has 0 aliphatic rings. The Bertz CT molecular complexity index is 321. The summed E-state index contributed by atoms with van der Waals surface area (Å²) in [5, 5.41) is 0. The van der Waals surface area contributed by atoms with E-state index in [-0.39, 0.29) is 31.9 Å². The Kier molecular flexibility index (Phi) is 11.8. The van der Waals surface area contributed by atoms with E-state index in [1.807, 2.05) is 30.3 Å². The van der Waals surface area contributed by atoms with Crippen molar-refractivity contribution in [1.29, 1.82) is 0 Å². The van der Waals surface area contributed by atoms with Crippen molar-refractivity contribution in [3.8, 4) is 0 Å². The molecular formula is C12H9ClF2Zn. The zero-order valence-electron chi connectivity index (χ0n) is 8.49. The molecule has 16 heavy (non-hydrogen) atoms. The summed E-state index contributed by atoms with van der Waals surface area (Å²) in [6.45, 7) is 0. The van der Waals surface area contributed by atoms with E-state index in [9.17, 15) is 8.78 Å². The Morgan fingerprint density at radius 3 is 1.69 bits per heavy atom. The first-order chi connectivity index (χ1) is 6.80. The van der Waals surface area contributed by atoms with Crippen LogP contribution in [0.25, 0.3) is 0 Å². The Morgan fingerprint density at radius 2 is 1.44 bits per heavy atom. The van der Waals surface area contributed by atoms with Crippen molar-refractivity contribution in [1.82, 2.24) is 0 Å². The summed E-state index contributed by atoms with van der Waals surface area (Å²) >= 11 is 0. The number of rotatable bonds is 0. The van der Waals surface area contributed by atoms with Gasteiger partial charge in [0.1, 0.15) is 0 Å². The fourth-order valence-corrected chi connectivity index (χ4v) is 0.733. The quantitative estimate of drug-likeness (QED) is 0.513. The molecule has 0 heterocycles. The molecule has 0 aliphatic carbocycles. The number of hydrogen-bond acceptors (Lipinski definition) is 0. The predicted molar refractivity (Wildman–Crippen MR) is 57.7 cm³/mol. The van der Waals surface area contributed by atoms with Crippen LogP contribution in [0.5, 0.6) is 0 Å². The average molecular weight is 292 g/mol. The van der Waals surface area contributed by atoms with Crippen LogP contribution in [-0.2, 0) is 19.5 Å². The summed E-state index contributed by atoms with van der Waals surface area (Å²) in [5.41, 5.74) is 0. The molecule has 0 aromatic heterocycles. The SMILES string of the molecule is Cl.Fc1c[c-]ccc1F.[Zn+2].[c-]1ccccc1. The predicted octanol–water partition coefficient (Wildman–Crippen LogP) is 3.67. The van der Waals surface area contributed by atoms with Crippen LogP contribution in [0, 0.1) is 23.8 Å². The summed E-state index contributed by atoms with van der Waals surface area (Å²) in [5.74, 6) is -1.68. The fourth-order valence-electron chi connectivity index (χ4n) is 0.733. The maximum absolute atomic E-state index is 11.9. The molecule has 0 atom stereocenters. The molecule has 0 aliphatic heterocycles. The van der Waals surface area contributed by atoms with Gasteiger partial charge in [-0.25, -0.2) is 4.39 Å². The molecule has 0 spiro atoms. The molecule has 2 rings (SSSR count). The van der Waals surface area contributed by atoms with E-state index in [0.29, 0.717) is 0 Å². The summed E-state index contributed by atoms with van der Waals surface area (Å²) in [4.78, 5) is 0. The minimum Gasteiger partial charge on any atom is -0.281 e. The van der Waals surface area contributed by atoms with E-state index in [2.05, 4.69) is 12.1 Å². The Morgan fingerprint density at radius 1 is 0.812 bits per heavy atom. The molecule has 2 aromatic carbocycles. The van der Waals surface area contributed by atoms with Gasteiger partial charge in [-0.2, -0.15) is 48.5 Å². The summed E-state index contributed by atoms with van der Waals surface area (Å²) in [7, 11) is 0. The van der Waals surface area contributed by atoms with Gasteiger partial charge in [-0.1, -0.05) is 0 Å². The van der Waals surface area contributed by atoms with Gasteiger partial charge in [0.2, 0.25) is 0 Å². The second kappa shape index (κ2) is 10.7. The summed E-state index contributed by atoms with van der Waals surface area (Å²) < 4.78 is 23.8. The maximum atomic E-state index is 11.9. The second-order valence-corrected chi connectivity index (χ2v) is 2.42. The van der Waals surface area contributed by atoms with Gasteiger partial charge in [0.15, 0.2) is 0 Å². The van der Waals surface area contributed by atoms with Crippen LogP contribution in [0.15, 0.2) is 48.5 Å². The molecule has 0 amide bonds. The van der Waals surface area contributed by atoms with Gasteiger partial charge >= 0.3 is 19.5 Å². The molecule has 80 valence electrons. The molecule has 2 aromatic rings. The van der Waals surface area contributed by atoms with Gasteiger partial charge in [-0.3, -0.25) is 4.39 Å². The third kappa shape index (κ3) is 7.50. The normalized spacial score (nSPS) is 7.62. The van der Waals surface area contributed by atoms with E-state index in [1.54, 1.807) is 0 Å². The molecular weight excluding hydrogens is 283 g/mol. The average Bonchev–Trinajstić information content (AvgIpc) is 2.26. The van der Waals surface area contributed by atoms with Crippen molar-refractivity contribution in [3.05, 3.63) is 72.3 Å².